The van der Waals surface area contributed by atoms with Gasteiger partial charge < -0.3 is 10.8 Å². The Morgan fingerprint density at radius 1 is 1.00 bits per heavy atom. The van der Waals surface area contributed by atoms with E-state index in [2.05, 4.69) is 48.0 Å². The van der Waals surface area contributed by atoms with Gasteiger partial charge in [-0.05, 0) is 75.2 Å². The Morgan fingerprint density at radius 3 is 2.48 bits per heavy atom. The van der Waals surface area contributed by atoms with Crippen molar-refractivity contribution in [3.05, 3.63) is 90.6 Å². The number of nitrogen functional groups attached to an aromatic ring is 1. The first-order chi connectivity index (χ1) is 19.3. The number of aliphatic carboxylic acids is 1. The van der Waals surface area contributed by atoms with Crippen LogP contribution < -0.4 is 5.73 Å². The highest BCUT2D eigenvalue weighted by Gasteiger charge is 2.37. The van der Waals surface area contributed by atoms with Gasteiger partial charge in [0.05, 0.1) is 17.2 Å². The van der Waals surface area contributed by atoms with E-state index in [1.807, 2.05) is 59.2 Å². The number of rotatable bonds is 6. The Bertz CT molecular complexity index is 1680. The van der Waals surface area contributed by atoms with Crippen LogP contribution in [-0.2, 0) is 11.3 Å². The molecule has 4 heterocycles. The number of carboxylic acids is 1. The molecule has 2 aromatic carbocycles. The van der Waals surface area contributed by atoms with Gasteiger partial charge in [0, 0.05) is 29.5 Å². The minimum absolute atomic E-state index is 0.191. The lowest BCUT2D eigenvalue weighted by Gasteiger charge is -2.44. The Balaban J connectivity index is 1.39. The maximum atomic E-state index is 11.6. The molecule has 1 fully saturated rings. The molecule has 0 aliphatic carbocycles. The van der Waals surface area contributed by atoms with Gasteiger partial charge in [0.25, 0.3) is 0 Å². The summed E-state index contributed by atoms with van der Waals surface area (Å²) in [4.78, 5) is 28.2. The smallest absolute Gasteiger partial charge is 0.306 e. The Labute approximate surface area is 233 Å². The highest BCUT2D eigenvalue weighted by atomic mass is 16.4. The number of piperidine rings is 1. The fourth-order valence-electron chi connectivity index (χ4n) is 5.68. The summed E-state index contributed by atoms with van der Waals surface area (Å²) in [5.74, 6) is 0.113. The average molecular weight is 533 g/mol. The van der Waals surface area contributed by atoms with Crippen LogP contribution in [0.2, 0.25) is 0 Å². The molecule has 40 heavy (non-hydrogen) atoms. The van der Waals surface area contributed by atoms with Gasteiger partial charge in [-0.3, -0.25) is 14.3 Å². The summed E-state index contributed by atoms with van der Waals surface area (Å²) >= 11 is 0. The molecule has 1 atom stereocenters. The van der Waals surface area contributed by atoms with Crippen LogP contribution in [0.25, 0.3) is 39.5 Å². The molecule has 0 spiro atoms. The molecule has 0 saturated carbocycles. The second-order valence-electron chi connectivity index (χ2n) is 11.0. The molecule has 0 amide bonds. The summed E-state index contributed by atoms with van der Waals surface area (Å²) < 4.78 is 2.04. The van der Waals surface area contributed by atoms with E-state index >= 15 is 0 Å². The highest BCUT2D eigenvalue weighted by Crippen LogP contribution is 2.34. The Hall–Kier alpha value is -4.56. The number of pyridine rings is 2. The summed E-state index contributed by atoms with van der Waals surface area (Å²) in [5.41, 5.74) is 12.3. The number of likely N-dealkylation sites (tertiary alicyclic amines) is 1. The zero-order valence-corrected chi connectivity index (χ0v) is 22.7. The van der Waals surface area contributed by atoms with Gasteiger partial charge >= 0.3 is 5.97 Å². The number of nitrogens with two attached hydrogens (primary N) is 1. The first-order valence-electron chi connectivity index (χ1n) is 13.5. The van der Waals surface area contributed by atoms with Crippen molar-refractivity contribution >= 4 is 23.0 Å². The van der Waals surface area contributed by atoms with Crippen LogP contribution in [0.1, 0.15) is 32.3 Å². The van der Waals surface area contributed by atoms with E-state index in [0.717, 1.165) is 52.3 Å². The van der Waals surface area contributed by atoms with Crippen LogP contribution >= 0.6 is 0 Å². The van der Waals surface area contributed by atoms with E-state index in [0.29, 0.717) is 24.5 Å². The van der Waals surface area contributed by atoms with Crippen LogP contribution in [0.3, 0.4) is 0 Å². The lowest BCUT2D eigenvalue weighted by molar-refractivity contribution is -0.145. The SMILES string of the molecule is CC1(C)CC(C(=O)O)CCN1Cc1ccc(-n2c(-c3cccnc3N)nc3ccc(-c4ccccc4)nc32)cc1. The number of carboxylic acid groups (broad SMARTS) is 1. The second-order valence-corrected chi connectivity index (χ2v) is 11.0. The zero-order chi connectivity index (χ0) is 27.9. The molecular formula is C32H32N6O2. The Kier molecular flexibility index (Phi) is 6.56. The summed E-state index contributed by atoms with van der Waals surface area (Å²) in [6, 6.07) is 26.3. The number of fused-ring (bicyclic) bond motifs is 1. The van der Waals surface area contributed by atoms with Crippen molar-refractivity contribution in [1.82, 2.24) is 24.4 Å². The van der Waals surface area contributed by atoms with E-state index in [1.54, 1.807) is 6.20 Å². The predicted octanol–water partition coefficient (Wildman–Crippen LogP) is 5.81. The molecule has 202 valence electrons. The van der Waals surface area contributed by atoms with Crippen LogP contribution in [0.5, 0.6) is 0 Å². The fourth-order valence-corrected chi connectivity index (χ4v) is 5.68. The van der Waals surface area contributed by atoms with E-state index in [4.69, 9.17) is 15.7 Å². The summed E-state index contributed by atoms with van der Waals surface area (Å²) in [6.45, 7) is 5.78. The second kappa shape index (κ2) is 10.2. The zero-order valence-electron chi connectivity index (χ0n) is 22.7. The molecule has 6 rings (SSSR count). The topological polar surface area (TPSA) is 110 Å². The molecule has 1 unspecified atom stereocenters. The standard InChI is InChI=1S/C32H32N6O2/c1-32(2)19-23(31(39)40)16-18-37(32)20-21-10-12-24(13-11-21)38-29(25-9-6-17-34-28(25)33)36-27-15-14-26(35-30(27)38)22-7-4-3-5-8-22/h3-15,17,23H,16,18-20H2,1-2H3,(H2,33,34)(H,39,40). The molecule has 1 aliphatic rings. The number of hydrogen-bond donors (Lipinski definition) is 2. The summed E-state index contributed by atoms with van der Waals surface area (Å²) in [7, 11) is 0. The first-order valence-corrected chi connectivity index (χ1v) is 13.5. The number of benzene rings is 2. The van der Waals surface area contributed by atoms with Gasteiger partial charge in [0.2, 0.25) is 0 Å². The highest BCUT2D eigenvalue weighted by molar-refractivity contribution is 5.84. The van der Waals surface area contributed by atoms with Crippen molar-refractivity contribution in [3.8, 4) is 28.3 Å². The molecule has 3 aromatic heterocycles. The maximum absolute atomic E-state index is 11.6. The van der Waals surface area contributed by atoms with Gasteiger partial charge in [0.1, 0.15) is 11.3 Å². The fraction of sp³-hybridized carbons (Fsp3) is 0.250. The third-order valence-corrected chi connectivity index (χ3v) is 7.92. The van der Waals surface area contributed by atoms with E-state index in [1.165, 1.54) is 0 Å². The molecule has 8 nitrogen and oxygen atoms in total. The number of carbonyl (C=O) groups is 1. The molecular weight excluding hydrogens is 500 g/mol. The van der Waals surface area contributed by atoms with E-state index < -0.39 is 5.97 Å². The third-order valence-electron chi connectivity index (χ3n) is 7.92. The molecule has 0 bridgehead atoms. The monoisotopic (exact) mass is 532 g/mol. The first kappa shape index (κ1) is 25.7. The van der Waals surface area contributed by atoms with Crippen molar-refractivity contribution in [2.75, 3.05) is 12.3 Å². The number of anilines is 1. The maximum Gasteiger partial charge on any atom is 0.306 e. The molecule has 3 N–H and O–H groups in total. The third kappa shape index (κ3) is 4.82. The number of imidazole rings is 1. The molecule has 8 heteroatoms. The summed E-state index contributed by atoms with van der Waals surface area (Å²) in [5, 5.41) is 9.50. The van der Waals surface area contributed by atoms with Crippen molar-refractivity contribution in [2.45, 2.75) is 38.8 Å². The van der Waals surface area contributed by atoms with Crippen LogP contribution in [-0.4, -0.2) is 47.6 Å². The largest absolute Gasteiger partial charge is 0.481 e. The Morgan fingerprint density at radius 2 is 1.77 bits per heavy atom. The molecule has 5 aromatic rings. The van der Waals surface area contributed by atoms with Crippen LogP contribution in [0.4, 0.5) is 5.82 Å². The van der Waals surface area contributed by atoms with Crippen LogP contribution in [0.15, 0.2) is 85.1 Å². The normalized spacial score (nSPS) is 17.2. The van der Waals surface area contributed by atoms with Crippen molar-refractivity contribution < 1.29 is 9.90 Å². The number of hydrogen-bond acceptors (Lipinski definition) is 6. The summed E-state index contributed by atoms with van der Waals surface area (Å²) in [6.07, 6.45) is 2.99. The minimum atomic E-state index is -0.696. The average Bonchev–Trinajstić information content (AvgIpc) is 3.33. The number of aromatic nitrogens is 4. The van der Waals surface area contributed by atoms with Gasteiger partial charge in [-0.2, -0.15) is 0 Å². The van der Waals surface area contributed by atoms with Crippen molar-refractivity contribution in [2.24, 2.45) is 5.92 Å². The van der Waals surface area contributed by atoms with E-state index in [-0.39, 0.29) is 11.5 Å². The predicted molar refractivity (Wildman–Crippen MR) is 157 cm³/mol. The van der Waals surface area contributed by atoms with Gasteiger partial charge in [-0.1, -0.05) is 42.5 Å². The minimum Gasteiger partial charge on any atom is -0.481 e. The van der Waals surface area contributed by atoms with Gasteiger partial charge in [0.15, 0.2) is 11.5 Å². The van der Waals surface area contributed by atoms with Crippen LogP contribution in [0, 0.1) is 5.92 Å². The molecule has 0 radical (unpaired) electrons. The molecule has 1 saturated heterocycles. The van der Waals surface area contributed by atoms with E-state index in [9.17, 15) is 9.90 Å². The van der Waals surface area contributed by atoms with Crippen molar-refractivity contribution in [3.63, 3.8) is 0 Å². The quantitative estimate of drug-likeness (QED) is 0.284. The van der Waals surface area contributed by atoms with Gasteiger partial charge in [-0.15, -0.1) is 0 Å². The van der Waals surface area contributed by atoms with Gasteiger partial charge in [-0.25, -0.2) is 15.0 Å². The molecule has 1 aliphatic heterocycles. The lowest BCUT2D eigenvalue weighted by Crippen LogP contribution is -2.50. The van der Waals surface area contributed by atoms with Crippen molar-refractivity contribution in [1.29, 1.82) is 0 Å². The number of nitrogens with zero attached hydrogens (tertiary/aromatic N) is 5. The lowest BCUT2D eigenvalue weighted by atomic mass is 9.82.